The van der Waals surface area contributed by atoms with Gasteiger partial charge in [0.15, 0.2) is 0 Å². The second-order valence-corrected chi connectivity index (χ2v) is 5.90. The van der Waals surface area contributed by atoms with E-state index >= 15 is 0 Å². The number of fused-ring (bicyclic) bond motifs is 1. The van der Waals surface area contributed by atoms with E-state index in [9.17, 15) is 9.59 Å². The molecule has 0 spiro atoms. The lowest BCUT2D eigenvalue weighted by Crippen LogP contribution is -2.32. The van der Waals surface area contributed by atoms with Gasteiger partial charge in [0.25, 0.3) is 0 Å². The molecule has 2 heterocycles. The minimum atomic E-state index is 0.172. The van der Waals surface area contributed by atoms with E-state index in [1.807, 2.05) is 23.6 Å². The SMILES string of the molecule is CCN(CC)C(=O)CCCC(=O)N1C[C@H]2CNC[C@H]2C1. The third-order valence-electron chi connectivity index (χ3n) is 4.64. The number of carbonyl (C=O) groups is 2. The minimum Gasteiger partial charge on any atom is -0.343 e. The molecule has 0 unspecified atom stereocenters. The summed E-state index contributed by atoms with van der Waals surface area (Å²) < 4.78 is 0. The normalized spacial score (nSPS) is 24.8. The Hall–Kier alpha value is -1.10. The van der Waals surface area contributed by atoms with Crippen molar-refractivity contribution in [1.82, 2.24) is 15.1 Å². The molecule has 20 heavy (non-hydrogen) atoms. The fourth-order valence-electron chi connectivity index (χ4n) is 3.34. The van der Waals surface area contributed by atoms with Gasteiger partial charge in [0.2, 0.25) is 11.8 Å². The van der Waals surface area contributed by atoms with E-state index in [1.165, 1.54) is 0 Å². The van der Waals surface area contributed by atoms with Crippen molar-refractivity contribution in [2.75, 3.05) is 39.3 Å². The molecule has 2 fully saturated rings. The van der Waals surface area contributed by atoms with Crippen LogP contribution in [0, 0.1) is 11.8 Å². The van der Waals surface area contributed by atoms with Gasteiger partial charge in [-0.1, -0.05) is 0 Å². The Morgan fingerprint density at radius 3 is 2.25 bits per heavy atom. The molecule has 0 aromatic rings. The van der Waals surface area contributed by atoms with Crippen LogP contribution < -0.4 is 5.32 Å². The maximum Gasteiger partial charge on any atom is 0.222 e. The fraction of sp³-hybridized carbons (Fsp3) is 0.867. The third kappa shape index (κ3) is 3.51. The Morgan fingerprint density at radius 2 is 1.70 bits per heavy atom. The zero-order valence-corrected chi connectivity index (χ0v) is 12.7. The Balaban J connectivity index is 1.67. The third-order valence-corrected chi connectivity index (χ3v) is 4.64. The molecule has 0 aromatic heterocycles. The van der Waals surface area contributed by atoms with Crippen LogP contribution in [0.1, 0.15) is 33.1 Å². The van der Waals surface area contributed by atoms with Crippen LogP contribution in [0.15, 0.2) is 0 Å². The Bertz CT molecular complexity index is 343. The van der Waals surface area contributed by atoms with Gasteiger partial charge in [-0.2, -0.15) is 0 Å². The van der Waals surface area contributed by atoms with Gasteiger partial charge in [0.05, 0.1) is 0 Å². The fourth-order valence-corrected chi connectivity index (χ4v) is 3.34. The summed E-state index contributed by atoms with van der Waals surface area (Å²) in [6.45, 7) is 9.40. The van der Waals surface area contributed by atoms with Crippen molar-refractivity contribution >= 4 is 11.8 Å². The molecular weight excluding hydrogens is 254 g/mol. The molecule has 2 saturated heterocycles. The Morgan fingerprint density at radius 1 is 1.10 bits per heavy atom. The number of nitrogens with zero attached hydrogens (tertiary/aromatic N) is 2. The molecule has 0 bridgehead atoms. The number of hydrogen-bond donors (Lipinski definition) is 1. The molecule has 114 valence electrons. The summed E-state index contributed by atoms with van der Waals surface area (Å²) in [5.41, 5.74) is 0. The lowest BCUT2D eigenvalue weighted by atomic mass is 10.0. The molecule has 5 nitrogen and oxygen atoms in total. The van der Waals surface area contributed by atoms with Gasteiger partial charge in [-0.3, -0.25) is 9.59 Å². The second kappa shape index (κ2) is 7.07. The van der Waals surface area contributed by atoms with Gasteiger partial charge >= 0.3 is 0 Å². The molecule has 0 radical (unpaired) electrons. The van der Waals surface area contributed by atoms with Gasteiger partial charge in [-0.05, 0) is 32.1 Å². The van der Waals surface area contributed by atoms with Crippen molar-refractivity contribution < 1.29 is 9.59 Å². The van der Waals surface area contributed by atoms with E-state index in [0.29, 0.717) is 31.1 Å². The van der Waals surface area contributed by atoms with Crippen molar-refractivity contribution in [3.63, 3.8) is 0 Å². The minimum absolute atomic E-state index is 0.172. The first-order valence-electron chi connectivity index (χ1n) is 7.92. The van der Waals surface area contributed by atoms with Crippen LogP contribution >= 0.6 is 0 Å². The molecular formula is C15H27N3O2. The predicted molar refractivity (Wildman–Crippen MR) is 78.2 cm³/mol. The van der Waals surface area contributed by atoms with Crippen molar-refractivity contribution in [3.8, 4) is 0 Å². The summed E-state index contributed by atoms with van der Waals surface area (Å²) in [6, 6.07) is 0. The van der Waals surface area contributed by atoms with Gasteiger partial charge in [0, 0.05) is 52.1 Å². The largest absolute Gasteiger partial charge is 0.343 e. The number of rotatable bonds is 6. The summed E-state index contributed by atoms with van der Waals surface area (Å²) in [4.78, 5) is 27.8. The quantitative estimate of drug-likeness (QED) is 0.780. The Labute approximate surface area is 121 Å². The van der Waals surface area contributed by atoms with Crippen molar-refractivity contribution in [1.29, 1.82) is 0 Å². The van der Waals surface area contributed by atoms with Crippen LogP contribution in [0.25, 0.3) is 0 Å². The monoisotopic (exact) mass is 281 g/mol. The summed E-state index contributed by atoms with van der Waals surface area (Å²) >= 11 is 0. The van der Waals surface area contributed by atoms with Crippen LogP contribution in [-0.4, -0.2) is 60.9 Å². The lowest BCUT2D eigenvalue weighted by Gasteiger charge is -2.19. The highest BCUT2D eigenvalue weighted by Crippen LogP contribution is 2.26. The average molecular weight is 281 g/mol. The first-order chi connectivity index (χ1) is 9.65. The molecule has 2 aliphatic rings. The van der Waals surface area contributed by atoms with E-state index in [-0.39, 0.29) is 11.8 Å². The maximum atomic E-state index is 12.1. The molecule has 0 saturated carbocycles. The second-order valence-electron chi connectivity index (χ2n) is 5.90. The van der Waals surface area contributed by atoms with E-state index < -0.39 is 0 Å². The van der Waals surface area contributed by atoms with Crippen molar-refractivity contribution in [2.45, 2.75) is 33.1 Å². The lowest BCUT2D eigenvalue weighted by molar-refractivity contribution is -0.132. The number of nitrogens with one attached hydrogen (secondary N) is 1. The highest BCUT2D eigenvalue weighted by Gasteiger charge is 2.37. The van der Waals surface area contributed by atoms with Crippen LogP contribution in [0.5, 0.6) is 0 Å². The number of likely N-dealkylation sites (tertiary alicyclic amines) is 1. The molecule has 2 atom stereocenters. The topological polar surface area (TPSA) is 52.7 Å². The molecule has 2 aliphatic heterocycles. The highest BCUT2D eigenvalue weighted by molar-refractivity contribution is 5.79. The van der Waals surface area contributed by atoms with Crippen molar-refractivity contribution in [2.24, 2.45) is 11.8 Å². The summed E-state index contributed by atoms with van der Waals surface area (Å²) in [7, 11) is 0. The first kappa shape index (κ1) is 15.3. The van der Waals surface area contributed by atoms with Crippen LogP contribution in [0.3, 0.4) is 0 Å². The Kier molecular flexibility index (Phi) is 5.40. The molecule has 0 aromatic carbocycles. The number of carbonyl (C=O) groups excluding carboxylic acids is 2. The molecule has 5 heteroatoms. The first-order valence-corrected chi connectivity index (χ1v) is 7.92. The number of amides is 2. The number of hydrogen-bond acceptors (Lipinski definition) is 3. The zero-order chi connectivity index (χ0) is 14.5. The van der Waals surface area contributed by atoms with E-state index in [2.05, 4.69) is 5.32 Å². The maximum absolute atomic E-state index is 12.1. The van der Waals surface area contributed by atoms with Gasteiger partial charge in [0.1, 0.15) is 0 Å². The highest BCUT2D eigenvalue weighted by atomic mass is 16.2. The van der Waals surface area contributed by atoms with Gasteiger partial charge in [-0.25, -0.2) is 0 Å². The van der Waals surface area contributed by atoms with Crippen molar-refractivity contribution in [3.05, 3.63) is 0 Å². The van der Waals surface area contributed by atoms with Crippen LogP contribution in [0.2, 0.25) is 0 Å². The van der Waals surface area contributed by atoms with E-state index in [0.717, 1.165) is 39.3 Å². The molecule has 2 rings (SSSR count). The average Bonchev–Trinajstić information content (AvgIpc) is 3.00. The van der Waals surface area contributed by atoms with Crippen LogP contribution in [-0.2, 0) is 9.59 Å². The van der Waals surface area contributed by atoms with E-state index in [4.69, 9.17) is 0 Å². The van der Waals surface area contributed by atoms with Gasteiger partial charge in [-0.15, -0.1) is 0 Å². The standard InChI is InChI=1S/C15H27N3O2/c1-3-17(4-2)14(19)6-5-7-15(20)18-10-12-8-16-9-13(12)11-18/h12-13,16H,3-11H2,1-2H3/t12-,13+. The molecule has 0 aliphatic carbocycles. The van der Waals surface area contributed by atoms with E-state index in [1.54, 1.807) is 0 Å². The van der Waals surface area contributed by atoms with Gasteiger partial charge < -0.3 is 15.1 Å². The molecule has 2 amide bonds. The summed E-state index contributed by atoms with van der Waals surface area (Å²) in [5, 5.41) is 3.38. The smallest absolute Gasteiger partial charge is 0.222 e. The molecule has 1 N–H and O–H groups in total. The zero-order valence-electron chi connectivity index (χ0n) is 12.7. The van der Waals surface area contributed by atoms with Crippen LogP contribution in [0.4, 0.5) is 0 Å². The summed E-state index contributed by atoms with van der Waals surface area (Å²) in [6.07, 6.45) is 1.69. The summed E-state index contributed by atoms with van der Waals surface area (Å²) in [5.74, 6) is 1.70. The predicted octanol–water partition coefficient (Wildman–Crippen LogP) is 0.703.